The minimum Gasteiger partial charge on any atom is -0.477 e. The van der Waals surface area contributed by atoms with E-state index in [9.17, 15) is 25.0 Å². The van der Waals surface area contributed by atoms with Crippen molar-refractivity contribution < 1.29 is 19.4 Å². The van der Waals surface area contributed by atoms with E-state index >= 15 is 0 Å². The molecule has 0 aliphatic carbocycles. The van der Waals surface area contributed by atoms with Gasteiger partial charge in [-0.3, -0.25) is 25.0 Å². The van der Waals surface area contributed by atoms with Gasteiger partial charge in [0.15, 0.2) is 12.4 Å². The fourth-order valence-electron chi connectivity index (χ4n) is 1.98. The molecule has 1 amide bonds. The van der Waals surface area contributed by atoms with Gasteiger partial charge in [-0.1, -0.05) is 15.9 Å². The SMILES string of the molecule is Cc1cc(Br)ccc1NC(=O)COc1ccc([N+](=O)[O-])cc1[N+](=O)[O-]. The molecule has 10 heteroatoms. The number of carbonyl (C=O) groups is 1. The van der Waals surface area contributed by atoms with Gasteiger partial charge in [-0.15, -0.1) is 0 Å². The molecule has 0 fully saturated rings. The predicted octanol–water partition coefficient (Wildman–Crippen LogP) is 3.59. The van der Waals surface area contributed by atoms with Gasteiger partial charge in [0.1, 0.15) is 0 Å². The number of nitro benzene ring substituents is 2. The van der Waals surface area contributed by atoms with Crippen molar-refractivity contribution in [2.24, 2.45) is 0 Å². The van der Waals surface area contributed by atoms with Crippen LogP contribution >= 0.6 is 15.9 Å². The second-order valence-corrected chi connectivity index (χ2v) is 5.88. The first kappa shape index (κ1) is 18.3. The molecular formula is C15H12BrN3O6. The molecule has 0 atom stereocenters. The van der Waals surface area contributed by atoms with E-state index < -0.39 is 33.7 Å². The second-order valence-electron chi connectivity index (χ2n) is 4.96. The van der Waals surface area contributed by atoms with E-state index in [4.69, 9.17) is 4.74 Å². The highest BCUT2D eigenvalue weighted by atomic mass is 79.9. The van der Waals surface area contributed by atoms with Crippen LogP contribution in [0.5, 0.6) is 5.75 Å². The van der Waals surface area contributed by atoms with Crippen LogP contribution in [0, 0.1) is 27.2 Å². The van der Waals surface area contributed by atoms with E-state index in [2.05, 4.69) is 21.2 Å². The van der Waals surface area contributed by atoms with Crippen LogP contribution in [0.3, 0.4) is 0 Å². The first-order valence-electron chi connectivity index (χ1n) is 6.89. The smallest absolute Gasteiger partial charge is 0.317 e. The lowest BCUT2D eigenvalue weighted by Crippen LogP contribution is -2.21. The summed E-state index contributed by atoms with van der Waals surface area (Å²) in [5, 5.41) is 24.3. The molecule has 9 nitrogen and oxygen atoms in total. The number of amides is 1. The zero-order chi connectivity index (χ0) is 18.6. The second kappa shape index (κ2) is 7.71. The lowest BCUT2D eigenvalue weighted by molar-refractivity contribution is -0.394. The van der Waals surface area contributed by atoms with E-state index in [-0.39, 0.29) is 5.75 Å². The van der Waals surface area contributed by atoms with Gasteiger partial charge in [0.05, 0.1) is 15.9 Å². The summed E-state index contributed by atoms with van der Waals surface area (Å²) in [6.45, 7) is 1.33. The zero-order valence-corrected chi connectivity index (χ0v) is 14.5. The predicted molar refractivity (Wildman–Crippen MR) is 92.8 cm³/mol. The molecule has 0 aliphatic heterocycles. The highest BCUT2D eigenvalue weighted by molar-refractivity contribution is 9.10. The lowest BCUT2D eigenvalue weighted by Gasteiger charge is -2.10. The summed E-state index contributed by atoms with van der Waals surface area (Å²) < 4.78 is 6.01. The average molecular weight is 410 g/mol. The monoisotopic (exact) mass is 409 g/mol. The fourth-order valence-corrected chi connectivity index (χ4v) is 2.46. The fraction of sp³-hybridized carbons (Fsp3) is 0.133. The quantitative estimate of drug-likeness (QED) is 0.573. The maximum atomic E-state index is 12.0. The summed E-state index contributed by atoms with van der Waals surface area (Å²) in [7, 11) is 0. The van der Waals surface area contributed by atoms with E-state index in [1.165, 1.54) is 0 Å². The number of nitro groups is 2. The molecule has 2 aromatic carbocycles. The number of halogens is 1. The lowest BCUT2D eigenvalue weighted by atomic mass is 10.2. The van der Waals surface area contributed by atoms with E-state index in [0.717, 1.165) is 28.2 Å². The zero-order valence-electron chi connectivity index (χ0n) is 12.9. The van der Waals surface area contributed by atoms with Gasteiger partial charge in [-0.2, -0.15) is 0 Å². The van der Waals surface area contributed by atoms with Crippen molar-refractivity contribution in [3.63, 3.8) is 0 Å². The van der Waals surface area contributed by atoms with Crippen molar-refractivity contribution in [3.8, 4) is 5.75 Å². The molecule has 0 bridgehead atoms. The Hall–Kier alpha value is -3.01. The summed E-state index contributed by atoms with van der Waals surface area (Å²) in [6, 6.07) is 8.22. The number of non-ortho nitro benzene ring substituents is 1. The van der Waals surface area contributed by atoms with Crippen molar-refractivity contribution in [2.75, 3.05) is 11.9 Å². The molecule has 0 aliphatic rings. The van der Waals surface area contributed by atoms with Gasteiger partial charge in [0.2, 0.25) is 0 Å². The normalized spacial score (nSPS) is 10.2. The van der Waals surface area contributed by atoms with Crippen LogP contribution in [-0.2, 0) is 4.79 Å². The molecular weight excluding hydrogens is 398 g/mol. The molecule has 25 heavy (non-hydrogen) atoms. The largest absolute Gasteiger partial charge is 0.477 e. The third-order valence-electron chi connectivity index (χ3n) is 3.17. The molecule has 0 unspecified atom stereocenters. The van der Waals surface area contributed by atoms with Gasteiger partial charge in [-0.25, -0.2) is 0 Å². The number of rotatable bonds is 6. The molecule has 0 aromatic heterocycles. The third kappa shape index (κ3) is 4.73. The third-order valence-corrected chi connectivity index (χ3v) is 3.66. The Morgan fingerprint density at radius 1 is 1.16 bits per heavy atom. The van der Waals surface area contributed by atoms with Crippen molar-refractivity contribution in [2.45, 2.75) is 6.92 Å². The number of aryl methyl sites for hydroxylation is 1. The standard InChI is InChI=1S/C15H12BrN3O6/c1-9-6-10(16)2-4-12(9)17-15(20)8-25-14-5-3-11(18(21)22)7-13(14)19(23)24/h2-7H,8H2,1H3,(H,17,20). The van der Waals surface area contributed by atoms with Gasteiger partial charge < -0.3 is 10.1 Å². The van der Waals surface area contributed by atoms with E-state index in [0.29, 0.717) is 5.69 Å². The molecule has 2 aromatic rings. The Kier molecular flexibility index (Phi) is 5.65. The van der Waals surface area contributed by atoms with Crippen LogP contribution in [0.4, 0.5) is 17.1 Å². The maximum Gasteiger partial charge on any atom is 0.317 e. The number of benzene rings is 2. The molecule has 0 spiro atoms. The number of ether oxygens (including phenoxy) is 1. The Labute approximate surface area is 150 Å². The maximum absolute atomic E-state index is 12.0. The van der Waals surface area contributed by atoms with Crippen LogP contribution < -0.4 is 10.1 Å². The van der Waals surface area contributed by atoms with Crippen molar-refractivity contribution in [3.05, 3.63) is 66.7 Å². The summed E-state index contributed by atoms with van der Waals surface area (Å²) in [6.07, 6.45) is 0. The molecule has 0 heterocycles. The van der Waals surface area contributed by atoms with Crippen LogP contribution in [0.2, 0.25) is 0 Å². The summed E-state index contributed by atoms with van der Waals surface area (Å²) in [5.74, 6) is -0.739. The minimum absolute atomic E-state index is 0.224. The van der Waals surface area contributed by atoms with Crippen LogP contribution in [-0.4, -0.2) is 22.4 Å². The van der Waals surface area contributed by atoms with Gasteiger partial charge in [-0.05, 0) is 36.8 Å². The summed E-state index contributed by atoms with van der Waals surface area (Å²) in [4.78, 5) is 32.1. The molecule has 0 radical (unpaired) electrons. The number of nitrogens with zero attached hydrogens (tertiary/aromatic N) is 2. The van der Waals surface area contributed by atoms with Crippen LogP contribution in [0.1, 0.15) is 5.56 Å². The number of hydrogen-bond donors (Lipinski definition) is 1. The van der Waals surface area contributed by atoms with E-state index in [1.807, 2.05) is 13.0 Å². The number of anilines is 1. The number of hydrogen-bond acceptors (Lipinski definition) is 6. The van der Waals surface area contributed by atoms with Gasteiger partial charge in [0.25, 0.3) is 11.6 Å². The Balaban J connectivity index is 2.08. The Morgan fingerprint density at radius 2 is 1.88 bits per heavy atom. The highest BCUT2D eigenvalue weighted by Crippen LogP contribution is 2.31. The van der Waals surface area contributed by atoms with Crippen LogP contribution in [0.15, 0.2) is 40.9 Å². The number of nitrogens with one attached hydrogen (secondary N) is 1. The molecule has 0 saturated heterocycles. The molecule has 1 N–H and O–H groups in total. The topological polar surface area (TPSA) is 125 Å². The highest BCUT2D eigenvalue weighted by Gasteiger charge is 2.21. The molecule has 2 rings (SSSR count). The van der Waals surface area contributed by atoms with Crippen molar-refractivity contribution >= 4 is 38.9 Å². The molecule has 130 valence electrons. The summed E-state index contributed by atoms with van der Waals surface area (Å²) in [5.41, 5.74) is 0.384. The van der Waals surface area contributed by atoms with E-state index in [1.54, 1.807) is 12.1 Å². The first-order chi connectivity index (χ1) is 11.8. The summed E-state index contributed by atoms with van der Waals surface area (Å²) >= 11 is 3.31. The average Bonchev–Trinajstić information content (AvgIpc) is 2.55. The van der Waals surface area contributed by atoms with Gasteiger partial charge >= 0.3 is 5.69 Å². The number of carbonyl (C=O) groups excluding carboxylic acids is 1. The first-order valence-corrected chi connectivity index (χ1v) is 7.69. The van der Waals surface area contributed by atoms with Crippen molar-refractivity contribution in [1.82, 2.24) is 0 Å². The van der Waals surface area contributed by atoms with Crippen LogP contribution in [0.25, 0.3) is 0 Å². The van der Waals surface area contributed by atoms with Crippen molar-refractivity contribution in [1.29, 1.82) is 0 Å². The Bertz CT molecular complexity index is 855. The Morgan fingerprint density at radius 3 is 2.48 bits per heavy atom. The van der Waals surface area contributed by atoms with Gasteiger partial charge in [0, 0.05) is 16.2 Å². The minimum atomic E-state index is -0.806. The molecule has 0 saturated carbocycles.